The molecule has 1 heterocycles. The first-order chi connectivity index (χ1) is 9.02. The van der Waals surface area contributed by atoms with E-state index in [1.165, 1.54) is 11.3 Å². The highest BCUT2D eigenvalue weighted by Crippen LogP contribution is 2.34. The fourth-order valence-corrected chi connectivity index (χ4v) is 4.46. The third kappa shape index (κ3) is 4.43. The van der Waals surface area contributed by atoms with Gasteiger partial charge in [0.15, 0.2) is 0 Å². The SMILES string of the molecule is CCC1CCC(O)(CNCc2cc(Br)c(Cl)s2)CC1. The maximum atomic E-state index is 10.5. The Labute approximate surface area is 132 Å². The molecule has 2 nitrogen and oxygen atoms in total. The van der Waals surface area contributed by atoms with Crippen LogP contribution in [0.1, 0.15) is 43.9 Å². The van der Waals surface area contributed by atoms with Crippen LogP contribution in [0.15, 0.2) is 10.5 Å². The van der Waals surface area contributed by atoms with E-state index < -0.39 is 5.60 Å². The molecule has 0 spiro atoms. The van der Waals surface area contributed by atoms with Gasteiger partial charge in [-0.1, -0.05) is 24.9 Å². The second kappa shape index (κ2) is 6.90. The summed E-state index contributed by atoms with van der Waals surface area (Å²) in [6, 6.07) is 2.04. The van der Waals surface area contributed by atoms with Crippen LogP contribution in [0.5, 0.6) is 0 Å². The van der Waals surface area contributed by atoms with Crippen molar-refractivity contribution in [2.75, 3.05) is 6.54 Å². The normalized spacial score (nSPS) is 27.7. The standard InChI is InChI=1S/C14H21BrClNOS/c1-2-10-3-5-14(18,6-4-10)9-17-8-11-7-12(15)13(16)19-11/h7,10,17-18H,2-6,8-9H2,1H3. The largest absolute Gasteiger partial charge is 0.389 e. The minimum atomic E-state index is -0.510. The highest BCUT2D eigenvalue weighted by molar-refractivity contribution is 9.10. The van der Waals surface area contributed by atoms with Crippen LogP contribution < -0.4 is 5.32 Å². The van der Waals surface area contributed by atoms with E-state index in [0.717, 1.165) is 47.0 Å². The van der Waals surface area contributed by atoms with Crippen LogP contribution in [0, 0.1) is 5.92 Å². The van der Waals surface area contributed by atoms with Crippen molar-refractivity contribution in [3.8, 4) is 0 Å². The van der Waals surface area contributed by atoms with Crippen LogP contribution in [0.4, 0.5) is 0 Å². The van der Waals surface area contributed by atoms with Crippen LogP contribution in [0.25, 0.3) is 0 Å². The van der Waals surface area contributed by atoms with Gasteiger partial charge in [0, 0.05) is 22.4 Å². The molecule has 108 valence electrons. The van der Waals surface area contributed by atoms with Gasteiger partial charge in [-0.3, -0.25) is 0 Å². The molecule has 0 saturated heterocycles. The Hall–Kier alpha value is 0.390. The van der Waals surface area contributed by atoms with Crippen LogP contribution in [-0.2, 0) is 6.54 Å². The molecule has 5 heteroatoms. The van der Waals surface area contributed by atoms with Crippen LogP contribution in [0.3, 0.4) is 0 Å². The molecule has 2 rings (SSSR count). The van der Waals surface area contributed by atoms with E-state index in [0.29, 0.717) is 6.54 Å². The first-order valence-electron chi connectivity index (χ1n) is 6.89. The minimum absolute atomic E-state index is 0.510. The van der Waals surface area contributed by atoms with Gasteiger partial charge < -0.3 is 10.4 Å². The average Bonchev–Trinajstić information content (AvgIpc) is 2.69. The zero-order chi connectivity index (χ0) is 13.9. The number of hydrogen-bond acceptors (Lipinski definition) is 3. The summed E-state index contributed by atoms with van der Waals surface area (Å²) in [6.07, 6.45) is 5.40. The van der Waals surface area contributed by atoms with Gasteiger partial charge in [0.2, 0.25) is 0 Å². The summed E-state index contributed by atoms with van der Waals surface area (Å²) in [7, 11) is 0. The molecule has 0 aliphatic heterocycles. The molecule has 19 heavy (non-hydrogen) atoms. The Morgan fingerprint density at radius 3 is 2.74 bits per heavy atom. The lowest BCUT2D eigenvalue weighted by Gasteiger charge is -2.36. The fourth-order valence-electron chi connectivity index (χ4n) is 2.70. The predicted molar refractivity (Wildman–Crippen MR) is 85.9 cm³/mol. The van der Waals surface area contributed by atoms with E-state index in [-0.39, 0.29) is 0 Å². The lowest BCUT2D eigenvalue weighted by atomic mass is 9.78. The van der Waals surface area contributed by atoms with E-state index in [2.05, 4.69) is 28.2 Å². The molecule has 0 atom stereocenters. The van der Waals surface area contributed by atoms with E-state index in [9.17, 15) is 5.11 Å². The Balaban J connectivity index is 1.76. The smallest absolute Gasteiger partial charge is 0.107 e. The number of nitrogens with one attached hydrogen (secondary N) is 1. The van der Waals surface area contributed by atoms with Crippen molar-refractivity contribution in [1.82, 2.24) is 5.32 Å². The summed E-state index contributed by atoms with van der Waals surface area (Å²) in [5.74, 6) is 0.812. The maximum absolute atomic E-state index is 10.5. The summed E-state index contributed by atoms with van der Waals surface area (Å²) in [5.41, 5.74) is -0.510. The maximum Gasteiger partial charge on any atom is 0.107 e. The van der Waals surface area contributed by atoms with Gasteiger partial charge in [-0.2, -0.15) is 0 Å². The van der Waals surface area contributed by atoms with Gasteiger partial charge in [0.25, 0.3) is 0 Å². The number of aliphatic hydroxyl groups is 1. The average molecular weight is 367 g/mol. The number of rotatable bonds is 5. The Bertz CT molecular complexity index is 396. The van der Waals surface area contributed by atoms with Crippen molar-refractivity contribution >= 4 is 38.9 Å². The van der Waals surface area contributed by atoms with E-state index in [1.54, 1.807) is 11.3 Å². The predicted octanol–water partition coefficient (Wildman–Crippen LogP) is 4.58. The number of halogens is 2. The molecule has 2 N–H and O–H groups in total. The molecule has 0 amide bonds. The minimum Gasteiger partial charge on any atom is -0.389 e. The van der Waals surface area contributed by atoms with Crippen molar-refractivity contribution in [3.05, 3.63) is 19.8 Å². The van der Waals surface area contributed by atoms with Crippen molar-refractivity contribution in [1.29, 1.82) is 0 Å². The number of thiophene rings is 1. The topological polar surface area (TPSA) is 32.3 Å². The van der Waals surface area contributed by atoms with Crippen LogP contribution in [0.2, 0.25) is 4.34 Å². The summed E-state index contributed by atoms with van der Waals surface area (Å²) in [4.78, 5) is 1.20. The second-order valence-corrected chi connectivity index (χ2v) is 8.11. The Morgan fingerprint density at radius 1 is 1.53 bits per heavy atom. The molecule has 1 aliphatic carbocycles. The van der Waals surface area contributed by atoms with Crippen molar-refractivity contribution < 1.29 is 5.11 Å². The molecular formula is C14H21BrClNOS. The van der Waals surface area contributed by atoms with E-state index >= 15 is 0 Å². The third-order valence-electron chi connectivity index (χ3n) is 4.06. The fraction of sp³-hybridized carbons (Fsp3) is 0.714. The molecule has 1 aliphatic rings. The molecule has 0 radical (unpaired) electrons. The van der Waals surface area contributed by atoms with Crippen LogP contribution >= 0.6 is 38.9 Å². The zero-order valence-electron chi connectivity index (χ0n) is 11.2. The molecule has 0 bridgehead atoms. The number of hydrogen-bond donors (Lipinski definition) is 2. The molecule has 1 fully saturated rings. The lowest BCUT2D eigenvalue weighted by Crippen LogP contribution is -2.43. The molecule has 0 unspecified atom stereocenters. The van der Waals surface area contributed by atoms with Gasteiger partial charge in [-0.05, 0) is 53.6 Å². The first-order valence-corrected chi connectivity index (χ1v) is 8.88. The summed E-state index contributed by atoms with van der Waals surface area (Å²) in [5, 5.41) is 13.9. The summed E-state index contributed by atoms with van der Waals surface area (Å²) in [6.45, 7) is 3.69. The highest BCUT2D eigenvalue weighted by atomic mass is 79.9. The summed E-state index contributed by atoms with van der Waals surface area (Å²) < 4.78 is 1.75. The van der Waals surface area contributed by atoms with Crippen molar-refractivity contribution in [3.63, 3.8) is 0 Å². The lowest BCUT2D eigenvalue weighted by molar-refractivity contribution is -0.00876. The molecule has 1 saturated carbocycles. The third-order valence-corrected chi connectivity index (χ3v) is 6.54. The highest BCUT2D eigenvalue weighted by Gasteiger charge is 2.32. The quantitative estimate of drug-likeness (QED) is 0.799. The monoisotopic (exact) mass is 365 g/mol. The molecule has 0 aromatic carbocycles. The summed E-state index contributed by atoms with van der Waals surface area (Å²) >= 11 is 11.0. The Kier molecular flexibility index (Phi) is 5.73. The van der Waals surface area contributed by atoms with E-state index in [1.807, 2.05) is 6.07 Å². The molecule has 1 aromatic heterocycles. The van der Waals surface area contributed by atoms with Crippen molar-refractivity contribution in [2.45, 2.75) is 51.2 Å². The second-order valence-electron chi connectivity index (χ2n) is 5.51. The van der Waals surface area contributed by atoms with Gasteiger partial charge in [0.05, 0.1) is 5.60 Å². The molecule has 1 aromatic rings. The zero-order valence-corrected chi connectivity index (χ0v) is 14.4. The van der Waals surface area contributed by atoms with E-state index in [4.69, 9.17) is 11.6 Å². The first kappa shape index (κ1) is 15.8. The van der Waals surface area contributed by atoms with Gasteiger partial charge in [0.1, 0.15) is 4.34 Å². The van der Waals surface area contributed by atoms with Gasteiger partial charge in [-0.15, -0.1) is 11.3 Å². The van der Waals surface area contributed by atoms with Crippen LogP contribution in [-0.4, -0.2) is 17.3 Å². The Morgan fingerprint density at radius 2 is 2.21 bits per heavy atom. The van der Waals surface area contributed by atoms with Gasteiger partial charge in [-0.25, -0.2) is 0 Å². The van der Waals surface area contributed by atoms with Gasteiger partial charge >= 0.3 is 0 Å². The van der Waals surface area contributed by atoms with Crippen molar-refractivity contribution in [2.24, 2.45) is 5.92 Å². The molecular weight excluding hydrogens is 346 g/mol.